The van der Waals surface area contributed by atoms with E-state index in [0.717, 1.165) is 45.3 Å². The van der Waals surface area contributed by atoms with Crippen LogP contribution in [0.2, 0.25) is 0 Å². The number of nitrogens with zero attached hydrogens (tertiary/aromatic N) is 1. The Bertz CT molecular complexity index is 247. The Kier molecular flexibility index (Phi) is 6.07. The van der Waals surface area contributed by atoms with Crippen molar-refractivity contribution < 1.29 is 9.84 Å². The van der Waals surface area contributed by atoms with Crippen molar-refractivity contribution in [3.63, 3.8) is 0 Å². The average molecular weight is 270 g/mol. The third kappa shape index (κ3) is 5.78. The molecule has 2 aliphatic rings. The lowest BCUT2D eigenvalue weighted by atomic mass is 9.89. The van der Waals surface area contributed by atoms with Gasteiger partial charge in [-0.25, -0.2) is 0 Å². The van der Waals surface area contributed by atoms with Crippen molar-refractivity contribution >= 4 is 0 Å². The lowest BCUT2D eigenvalue weighted by Crippen LogP contribution is -2.51. The van der Waals surface area contributed by atoms with Gasteiger partial charge in [0.1, 0.15) is 0 Å². The van der Waals surface area contributed by atoms with E-state index in [-0.39, 0.29) is 0 Å². The maximum atomic E-state index is 10.5. The second-order valence-electron chi connectivity index (χ2n) is 6.52. The van der Waals surface area contributed by atoms with Crippen LogP contribution < -0.4 is 5.32 Å². The molecule has 1 unspecified atom stereocenters. The lowest BCUT2D eigenvalue weighted by Gasteiger charge is -2.34. The molecule has 2 fully saturated rings. The molecule has 0 bridgehead atoms. The molecule has 112 valence electrons. The van der Waals surface area contributed by atoms with Crippen molar-refractivity contribution in [2.45, 2.75) is 44.6 Å². The van der Waals surface area contributed by atoms with E-state index in [1.807, 2.05) is 6.92 Å². The minimum atomic E-state index is -0.633. The van der Waals surface area contributed by atoms with Gasteiger partial charge in [-0.15, -0.1) is 0 Å². The van der Waals surface area contributed by atoms with Gasteiger partial charge in [-0.1, -0.05) is 19.3 Å². The van der Waals surface area contributed by atoms with Gasteiger partial charge >= 0.3 is 0 Å². The van der Waals surface area contributed by atoms with Gasteiger partial charge < -0.3 is 15.2 Å². The summed E-state index contributed by atoms with van der Waals surface area (Å²) in [5.41, 5.74) is -0.633. The monoisotopic (exact) mass is 270 g/mol. The SMILES string of the molecule is CC(O)(CNCC1CCCCC1)CN1CCOCC1. The predicted molar refractivity (Wildman–Crippen MR) is 77.3 cm³/mol. The highest BCUT2D eigenvalue weighted by Crippen LogP contribution is 2.22. The Morgan fingerprint density at radius 2 is 1.89 bits per heavy atom. The predicted octanol–water partition coefficient (Wildman–Crippen LogP) is 1.24. The van der Waals surface area contributed by atoms with E-state index >= 15 is 0 Å². The summed E-state index contributed by atoms with van der Waals surface area (Å²) < 4.78 is 5.34. The lowest BCUT2D eigenvalue weighted by molar-refractivity contribution is -0.0221. The van der Waals surface area contributed by atoms with E-state index in [4.69, 9.17) is 4.74 Å². The standard InChI is InChI=1S/C15H30N2O2/c1-15(18,13-17-7-9-19-10-8-17)12-16-11-14-5-3-2-4-6-14/h14,16,18H,2-13H2,1H3. The van der Waals surface area contributed by atoms with Crippen LogP contribution in [0.15, 0.2) is 0 Å². The van der Waals surface area contributed by atoms with Crippen molar-refractivity contribution in [1.82, 2.24) is 10.2 Å². The third-order valence-electron chi connectivity index (χ3n) is 4.33. The molecule has 1 atom stereocenters. The van der Waals surface area contributed by atoms with Crippen LogP contribution in [0.4, 0.5) is 0 Å². The largest absolute Gasteiger partial charge is 0.388 e. The molecule has 0 amide bonds. The normalized spacial score (nSPS) is 26.2. The maximum absolute atomic E-state index is 10.5. The number of hydrogen-bond donors (Lipinski definition) is 2. The molecule has 1 saturated carbocycles. The molecule has 19 heavy (non-hydrogen) atoms. The summed E-state index contributed by atoms with van der Waals surface area (Å²) in [6.07, 6.45) is 6.90. The number of morpholine rings is 1. The topological polar surface area (TPSA) is 44.7 Å². The Morgan fingerprint density at radius 1 is 1.21 bits per heavy atom. The van der Waals surface area contributed by atoms with Crippen molar-refractivity contribution in [2.24, 2.45) is 5.92 Å². The molecule has 2 N–H and O–H groups in total. The minimum Gasteiger partial charge on any atom is -0.388 e. The van der Waals surface area contributed by atoms with E-state index in [9.17, 15) is 5.11 Å². The van der Waals surface area contributed by atoms with Crippen LogP contribution in [0.3, 0.4) is 0 Å². The van der Waals surface area contributed by atoms with Crippen LogP contribution in [0.1, 0.15) is 39.0 Å². The van der Waals surface area contributed by atoms with Gasteiger partial charge in [0, 0.05) is 26.2 Å². The highest BCUT2D eigenvalue weighted by molar-refractivity contribution is 4.81. The van der Waals surface area contributed by atoms with E-state index in [2.05, 4.69) is 10.2 Å². The summed E-state index contributed by atoms with van der Waals surface area (Å²) in [5.74, 6) is 0.827. The van der Waals surface area contributed by atoms with Crippen molar-refractivity contribution in [3.8, 4) is 0 Å². The Morgan fingerprint density at radius 3 is 2.58 bits per heavy atom. The van der Waals surface area contributed by atoms with Gasteiger partial charge in [0.15, 0.2) is 0 Å². The average Bonchev–Trinajstić information content (AvgIpc) is 2.40. The van der Waals surface area contributed by atoms with Gasteiger partial charge in [-0.05, 0) is 32.2 Å². The number of ether oxygens (including phenoxy) is 1. The molecule has 0 radical (unpaired) electrons. The minimum absolute atomic E-state index is 0.633. The van der Waals surface area contributed by atoms with E-state index < -0.39 is 5.60 Å². The van der Waals surface area contributed by atoms with Crippen molar-refractivity contribution in [3.05, 3.63) is 0 Å². The fourth-order valence-corrected chi connectivity index (χ4v) is 3.23. The summed E-state index contributed by atoms with van der Waals surface area (Å²) in [6, 6.07) is 0. The third-order valence-corrected chi connectivity index (χ3v) is 4.33. The highest BCUT2D eigenvalue weighted by atomic mass is 16.5. The first kappa shape index (κ1) is 15.2. The first-order valence-electron chi connectivity index (χ1n) is 7.89. The van der Waals surface area contributed by atoms with Crippen LogP contribution in [0.25, 0.3) is 0 Å². The summed E-state index contributed by atoms with van der Waals surface area (Å²) in [4.78, 5) is 2.30. The van der Waals surface area contributed by atoms with Crippen LogP contribution >= 0.6 is 0 Å². The van der Waals surface area contributed by atoms with Gasteiger partial charge in [0.2, 0.25) is 0 Å². The molecule has 1 aliphatic carbocycles. The van der Waals surface area contributed by atoms with Gasteiger partial charge in [0.05, 0.1) is 18.8 Å². The Balaban J connectivity index is 1.62. The fraction of sp³-hybridized carbons (Fsp3) is 1.00. The zero-order valence-corrected chi connectivity index (χ0v) is 12.4. The zero-order valence-electron chi connectivity index (χ0n) is 12.4. The van der Waals surface area contributed by atoms with Crippen LogP contribution in [-0.2, 0) is 4.74 Å². The van der Waals surface area contributed by atoms with Crippen LogP contribution in [0.5, 0.6) is 0 Å². The van der Waals surface area contributed by atoms with Crippen LogP contribution in [0, 0.1) is 5.92 Å². The number of nitrogens with one attached hydrogen (secondary N) is 1. The smallest absolute Gasteiger partial charge is 0.0869 e. The number of hydrogen-bond acceptors (Lipinski definition) is 4. The highest BCUT2D eigenvalue weighted by Gasteiger charge is 2.25. The molecule has 0 aromatic carbocycles. The molecule has 1 saturated heterocycles. The van der Waals surface area contributed by atoms with Crippen molar-refractivity contribution in [2.75, 3.05) is 45.9 Å². The maximum Gasteiger partial charge on any atom is 0.0869 e. The van der Waals surface area contributed by atoms with E-state index in [1.54, 1.807) is 0 Å². The number of rotatable bonds is 6. The molecular formula is C15H30N2O2. The molecule has 0 aromatic heterocycles. The molecular weight excluding hydrogens is 240 g/mol. The summed E-state index contributed by atoms with van der Waals surface area (Å²) >= 11 is 0. The van der Waals surface area contributed by atoms with Gasteiger partial charge in [-0.2, -0.15) is 0 Å². The molecule has 0 spiro atoms. The molecule has 1 heterocycles. The van der Waals surface area contributed by atoms with E-state index in [1.165, 1.54) is 32.1 Å². The molecule has 0 aromatic rings. The molecule has 1 aliphatic heterocycles. The van der Waals surface area contributed by atoms with Crippen LogP contribution in [-0.4, -0.2) is 61.5 Å². The summed E-state index contributed by atoms with van der Waals surface area (Å²) in [7, 11) is 0. The van der Waals surface area contributed by atoms with E-state index in [0.29, 0.717) is 6.54 Å². The first-order chi connectivity index (χ1) is 9.16. The number of aliphatic hydroxyl groups is 1. The quantitative estimate of drug-likeness (QED) is 0.762. The fourth-order valence-electron chi connectivity index (χ4n) is 3.23. The van der Waals surface area contributed by atoms with Gasteiger partial charge in [0.25, 0.3) is 0 Å². The van der Waals surface area contributed by atoms with Crippen molar-refractivity contribution in [1.29, 1.82) is 0 Å². The Hall–Kier alpha value is -0.160. The number of β-amino-alcohol motifs (C(OH)–C–C–N with tert-alkyl or cyclic N) is 1. The summed E-state index contributed by atoms with van der Waals surface area (Å²) in [6.45, 7) is 7.93. The Labute approximate surface area is 117 Å². The first-order valence-corrected chi connectivity index (χ1v) is 7.89. The zero-order chi connectivity index (χ0) is 13.6. The van der Waals surface area contributed by atoms with Gasteiger partial charge in [-0.3, -0.25) is 4.90 Å². The summed E-state index contributed by atoms with van der Waals surface area (Å²) in [5, 5.41) is 13.9. The molecule has 2 rings (SSSR count). The second kappa shape index (κ2) is 7.58. The molecule has 4 heteroatoms. The molecule has 4 nitrogen and oxygen atoms in total. The second-order valence-corrected chi connectivity index (χ2v) is 6.52.